The summed E-state index contributed by atoms with van der Waals surface area (Å²) in [6.07, 6.45) is 3.17. The lowest BCUT2D eigenvalue weighted by Crippen LogP contribution is -2.38. The van der Waals surface area contributed by atoms with Crippen molar-refractivity contribution in [2.75, 3.05) is 6.54 Å². The Morgan fingerprint density at radius 1 is 0.818 bits per heavy atom. The second-order valence-electron chi connectivity index (χ2n) is 7.87. The predicted molar refractivity (Wildman–Crippen MR) is 123 cm³/mol. The summed E-state index contributed by atoms with van der Waals surface area (Å²) in [5.74, 6) is 1.94. The first kappa shape index (κ1) is 19.2. The van der Waals surface area contributed by atoms with Crippen LogP contribution in [0, 0.1) is 0 Å². The van der Waals surface area contributed by atoms with E-state index in [0.29, 0.717) is 31.0 Å². The lowest BCUT2D eigenvalue weighted by atomic mass is 10.2. The second-order valence-corrected chi connectivity index (χ2v) is 7.87. The van der Waals surface area contributed by atoms with E-state index in [-0.39, 0.29) is 5.91 Å². The van der Waals surface area contributed by atoms with Crippen LogP contribution in [-0.4, -0.2) is 47.1 Å². The van der Waals surface area contributed by atoms with E-state index in [2.05, 4.69) is 20.2 Å². The molecule has 160 valence electrons. The zero-order chi connectivity index (χ0) is 22.2. The average Bonchev–Trinajstić information content (AvgIpc) is 3.32. The van der Waals surface area contributed by atoms with Gasteiger partial charge in [-0.3, -0.25) is 4.79 Å². The van der Waals surface area contributed by atoms with Crippen LogP contribution in [0.2, 0.25) is 0 Å². The molecule has 0 radical (unpaired) electrons. The van der Waals surface area contributed by atoms with Crippen molar-refractivity contribution in [1.29, 1.82) is 0 Å². The maximum absolute atomic E-state index is 13.1. The van der Waals surface area contributed by atoms with Gasteiger partial charge in [-0.05, 0) is 12.1 Å². The summed E-state index contributed by atoms with van der Waals surface area (Å²) >= 11 is 0. The third-order valence-corrected chi connectivity index (χ3v) is 5.80. The van der Waals surface area contributed by atoms with Crippen molar-refractivity contribution in [3.8, 4) is 22.9 Å². The molecular formula is C25H19N7O. The first-order chi connectivity index (χ1) is 16.3. The van der Waals surface area contributed by atoms with Gasteiger partial charge >= 0.3 is 0 Å². The number of hydrogen-bond donors (Lipinski definition) is 0. The number of carbonyl (C=O) groups is 1. The molecule has 3 aromatic heterocycles. The Balaban J connectivity index is 1.22. The highest BCUT2D eigenvalue weighted by atomic mass is 16.2. The monoisotopic (exact) mass is 433 g/mol. The summed E-state index contributed by atoms with van der Waals surface area (Å²) in [5, 5.41) is 9.80. The van der Waals surface area contributed by atoms with Crippen LogP contribution in [0.25, 0.3) is 33.8 Å². The van der Waals surface area contributed by atoms with Crippen molar-refractivity contribution in [3.63, 3.8) is 0 Å². The molecule has 0 saturated carbocycles. The molecule has 4 heterocycles. The van der Waals surface area contributed by atoms with Gasteiger partial charge in [-0.15, -0.1) is 10.2 Å². The van der Waals surface area contributed by atoms with Crippen LogP contribution in [0.3, 0.4) is 0 Å². The summed E-state index contributed by atoms with van der Waals surface area (Å²) in [5.41, 5.74) is 3.06. The largest absolute Gasteiger partial charge is 0.329 e. The Labute approximate surface area is 189 Å². The van der Waals surface area contributed by atoms with Crippen molar-refractivity contribution in [1.82, 2.24) is 34.6 Å². The van der Waals surface area contributed by atoms with Crippen molar-refractivity contribution in [2.45, 2.75) is 13.1 Å². The first-order valence-corrected chi connectivity index (χ1v) is 10.7. The highest BCUT2D eigenvalue weighted by Gasteiger charge is 2.26. The molecule has 6 rings (SSSR count). The standard InChI is InChI=1S/C25H19N7O/c33-25(19-14-26-23(27-15-19)18-7-2-1-3-8-18)31-12-13-32-22(16-31)29-30-24(32)21-11-10-17-6-4-5-9-20(17)28-21/h1-11,14-15H,12-13,16H2. The SMILES string of the molecule is O=C(c1cnc(-c2ccccc2)nc1)N1CCn2c(nnc2-c2ccc3ccccc3n2)C1. The maximum Gasteiger partial charge on any atom is 0.257 e. The summed E-state index contributed by atoms with van der Waals surface area (Å²) < 4.78 is 2.04. The van der Waals surface area contributed by atoms with Crippen LogP contribution in [0.1, 0.15) is 16.2 Å². The van der Waals surface area contributed by atoms with E-state index in [1.807, 2.05) is 71.3 Å². The lowest BCUT2D eigenvalue weighted by molar-refractivity contribution is 0.0707. The molecule has 1 aliphatic heterocycles. The van der Waals surface area contributed by atoms with Gasteiger partial charge in [0.2, 0.25) is 0 Å². The van der Waals surface area contributed by atoms with Gasteiger partial charge < -0.3 is 9.47 Å². The maximum atomic E-state index is 13.1. The predicted octanol–water partition coefficient (Wildman–Crippen LogP) is 3.61. The Hall–Kier alpha value is -4.46. The van der Waals surface area contributed by atoms with Crippen molar-refractivity contribution in [3.05, 3.63) is 90.5 Å². The molecule has 5 aromatic rings. The molecule has 0 bridgehead atoms. The highest BCUT2D eigenvalue weighted by Crippen LogP contribution is 2.23. The van der Waals surface area contributed by atoms with Crippen LogP contribution in [0.5, 0.6) is 0 Å². The van der Waals surface area contributed by atoms with Gasteiger partial charge in [0.05, 0.1) is 17.6 Å². The quantitative estimate of drug-likeness (QED) is 0.432. The smallest absolute Gasteiger partial charge is 0.257 e. The van der Waals surface area contributed by atoms with Crippen LogP contribution < -0.4 is 0 Å². The average molecular weight is 433 g/mol. The molecule has 1 amide bonds. The second kappa shape index (κ2) is 7.90. The van der Waals surface area contributed by atoms with Gasteiger partial charge in [-0.25, -0.2) is 15.0 Å². The van der Waals surface area contributed by atoms with Gasteiger partial charge in [0.1, 0.15) is 5.69 Å². The molecule has 0 fully saturated rings. The number of nitrogens with zero attached hydrogens (tertiary/aromatic N) is 7. The third kappa shape index (κ3) is 3.51. The highest BCUT2D eigenvalue weighted by molar-refractivity contribution is 5.93. The molecule has 33 heavy (non-hydrogen) atoms. The molecule has 2 aromatic carbocycles. The minimum atomic E-state index is -0.116. The lowest BCUT2D eigenvalue weighted by Gasteiger charge is -2.27. The number of para-hydroxylation sites is 1. The number of fused-ring (bicyclic) bond motifs is 2. The fourth-order valence-electron chi connectivity index (χ4n) is 4.07. The molecule has 0 atom stereocenters. The van der Waals surface area contributed by atoms with Crippen LogP contribution in [0.15, 0.2) is 79.1 Å². The summed E-state index contributed by atoms with van der Waals surface area (Å²) in [6, 6.07) is 21.7. The molecule has 0 saturated heterocycles. The summed E-state index contributed by atoms with van der Waals surface area (Å²) in [6.45, 7) is 1.52. The van der Waals surface area contributed by atoms with Gasteiger partial charge in [-0.2, -0.15) is 0 Å². The molecule has 8 heteroatoms. The van der Waals surface area contributed by atoms with Gasteiger partial charge in [0.15, 0.2) is 17.5 Å². The number of pyridine rings is 1. The Kier molecular flexibility index (Phi) is 4.61. The van der Waals surface area contributed by atoms with Crippen LogP contribution in [0.4, 0.5) is 0 Å². The number of hydrogen-bond acceptors (Lipinski definition) is 6. The minimum absolute atomic E-state index is 0.116. The Morgan fingerprint density at radius 2 is 1.61 bits per heavy atom. The zero-order valence-corrected chi connectivity index (χ0v) is 17.7. The summed E-state index contributed by atoms with van der Waals surface area (Å²) in [4.78, 5) is 28.3. The number of carbonyl (C=O) groups excluding carboxylic acids is 1. The molecular weight excluding hydrogens is 414 g/mol. The number of aromatic nitrogens is 6. The Bertz CT molecular complexity index is 1460. The first-order valence-electron chi connectivity index (χ1n) is 10.7. The molecule has 0 unspecified atom stereocenters. The van der Waals surface area contributed by atoms with E-state index >= 15 is 0 Å². The van der Waals surface area contributed by atoms with E-state index < -0.39 is 0 Å². The normalized spacial score (nSPS) is 13.2. The van der Waals surface area contributed by atoms with Crippen LogP contribution >= 0.6 is 0 Å². The van der Waals surface area contributed by atoms with Gasteiger partial charge in [0.25, 0.3) is 5.91 Å². The molecule has 1 aliphatic rings. The van der Waals surface area contributed by atoms with Crippen molar-refractivity contribution >= 4 is 16.8 Å². The van der Waals surface area contributed by atoms with E-state index in [0.717, 1.165) is 33.8 Å². The van der Waals surface area contributed by atoms with Crippen molar-refractivity contribution in [2.24, 2.45) is 0 Å². The van der Waals surface area contributed by atoms with E-state index in [9.17, 15) is 4.79 Å². The fourth-order valence-corrected chi connectivity index (χ4v) is 4.07. The van der Waals surface area contributed by atoms with Gasteiger partial charge in [0, 0.05) is 36.4 Å². The van der Waals surface area contributed by atoms with E-state index in [4.69, 9.17) is 4.98 Å². The number of benzene rings is 2. The zero-order valence-electron chi connectivity index (χ0n) is 17.7. The molecule has 0 N–H and O–H groups in total. The summed E-state index contributed by atoms with van der Waals surface area (Å²) in [7, 11) is 0. The third-order valence-electron chi connectivity index (χ3n) is 5.80. The molecule has 8 nitrogen and oxygen atoms in total. The number of amides is 1. The molecule has 0 spiro atoms. The van der Waals surface area contributed by atoms with Gasteiger partial charge in [-0.1, -0.05) is 54.6 Å². The minimum Gasteiger partial charge on any atom is -0.329 e. The molecule has 0 aliphatic carbocycles. The number of rotatable bonds is 3. The Morgan fingerprint density at radius 3 is 2.45 bits per heavy atom. The van der Waals surface area contributed by atoms with Crippen LogP contribution in [-0.2, 0) is 13.1 Å². The fraction of sp³-hybridized carbons (Fsp3) is 0.120. The van der Waals surface area contributed by atoms with Crippen molar-refractivity contribution < 1.29 is 4.79 Å². The topological polar surface area (TPSA) is 89.7 Å². The van der Waals surface area contributed by atoms with E-state index in [1.165, 1.54) is 0 Å². The van der Waals surface area contributed by atoms with E-state index in [1.54, 1.807) is 17.3 Å².